The summed E-state index contributed by atoms with van der Waals surface area (Å²) in [4.78, 5) is 10.8. The average Bonchev–Trinajstić information content (AvgIpc) is 2.60. The largest absolute Gasteiger partial charge is 0.303 e. The highest BCUT2D eigenvalue weighted by Crippen LogP contribution is 2.53. The molecule has 0 aliphatic heterocycles. The minimum absolute atomic E-state index is 0.360. The topological polar surface area (TPSA) is 17.1 Å². The number of allylic oxidation sites excluding steroid dienone is 2. The van der Waals surface area contributed by atoms with E-state index in [-0.39, 0.29) is 0 Å². The molecule has 0 N–H and O–H groups in total. The van der Waals surface area contributed by atoms with Gasteiger partial charge in [0.15, 0.2) is 0 Å². The quantitative estimate of drug-likeness (QED) is 0.429. The number of hydrogen-bond acceptors (Lipinski definition) is 1. The Hall–Kier alpha value is -0.590. The fraction of sp³-hybridized carbons (Fsp3) is 0.727. The fourth-order valence-corrected chi connectivity index (χ4v) is 3.13. The fourth-order valence-electron chi connectivity index (χ4n) is 3.13. The third-order valence-corrected chi connectivity index (χ3v) is 3.84. The third kappa shape index (κ3) is 0.886. The summed E-state index contributed by atoms with van der Waals surface area (Å²) < 4.78 is 0. The molecule has 0 aromatic rings. The van der Waals surface area contributed by atoms with Crippen LogP contribution in [0.2, 0.25) is 0 Å². The highest BCUT2D eigenvalue weighted by molar-refractivity contribution is 5.57. The summed E-state index contributed by atoms with van der Waals surface area (Å²) in [6.45, 7) is 4.35. The molecule has 2 aliphatic rings. The molecule has 12 heavy (non-hydrogen) atoms. The van der Waals surface area contributed by atoms with E-state index >= 15 is 0 Å². The van der Waals surface area contributed by atoms with Gasteiger partial charge in [-0.3, -0.25) is 0 Å². The highest BCUT2D eigenvalue weighted by atomic mass is 16.1. The maximum Gasteiger partial charge on any atom is 0.123 e. The minimum Gasteiger partial charge on any atom is -0.303 e. The van der Waals surface area contributed by atoms with Crippen molar-refractivity contribution in [1.29, 1.82) is 0 Å². The summed E-state index contributed by atoms with van der Waals surface area (Å²) in [5.74, 6) is 2.37. The van der Waals surface area contributed by atoms with E-state index in [2.05, 4.69) is 19.9 Å². The summed E-state index contributed by atoms with van der Waals surface area (Å²) in [6.07, 6.45) is 5.89. The summed E-state index contributed by atoms with van der Waals surface area (Å²) in [5.41, 5.74) is 1.60. The van der Waals surface area contributed by atoms with Crippen LogP contribution in [0.4, 0.5) is 0 Å². The van der Waals surface area contributed by atoms with Gasteiger partial charge in [-0.05, 0) is 37.5 Å². The lowest BCUT2D eigenvalue weighted by Crippen LogP contribution is -2.22. The first-order valence-corrected chi connectivity index (χ1v) is 4.88. The molecule has 2 saturated carbocycles. The van der Waals surface area contributed by atoms with Crippen LogP contribution in [0.3, 0.4) is 0 Å². The third-order valence-electron chi connectivity index (χ3n) is 3.84. The molecule has 0 radical (unpaired) electrons. The monoisotopic (exact) mass is 164 g/mol. The highest BCUT2D eigenvalue weighted by Gasteiger charge is 2.47. The van der Waals surface area contributed by atoms with E-state index in [0.29, 0.717) is 17.8 Å². The lowest BCUT2D eigenvalue weighted by atomic mass is 9.79. The Morgan fingerprint density at radius 1 is 1.50 bits per heavy atom. The maximum atomic E-state index is 10.8. The smallest absolute Gasteiger partial charge is 0.123 e. The lowest BCUT2D eigenvalue weighted by Gasteiger charge is -2.25. The van der Waals surface area contributed by atoms with Crippen molar-refractivity contribution in [1.82, 2.24) is 0 Å². The van der Waals surface area contributed by atoms with Crippen LogP contribution in [-0.4, -0.2) is 6.29 Å². The van der Waals surface area contributed by atoms with E-state index in [1.807, 2.05) is 0 Å². The second-order valence-electron chi connectivity index (χ2n) is 4.24. The second-order valence-corrected chi connectivity index (χ2v) is 4.24. The van der Waals surface area contributed by atoms with Crippen LogP contribution in [0.5, 0.6) is 0 Å². The molecule has 2 rings (SSSR count). The molecule has 0 aromatic carbocycles. The van der Waals surface area contributed by atoms with E-state index in [4.69, 9.17) is 0 Å². The Morgan fingerprint density at radius 3 is 2.75 bits per heavy atom. The van der Waals surface area contributed by atoms with Crippen LogP contribution >= 0.6 is 0 Å². The van der Waals surface area contributed by atoms with Gasteiger partial charge in [0, 0.05) is 5.92 Å². The van der Waals surface area contributed by atoms with Gasteiger partial charge in [-0.15, -0.1) is 0 Å². The van der Waals surface area contributed by atoms with Gasteiger partial charge in [0.1, 0.15) is 6.29 Å². The van der Waals surface area contributed by atoms with Gasteiger partial charge in [0.2, 0.25) is 0 Å². The first-order valence-electron chi connectivity index (χ1n) is 4.88. The van der Waals surface area contributed by atoms with Crippen LogP contribution in [0.15, 0.2) is 11.6 Å². The SMILES string of the molecule is CC=C1CC2CC1C(C)C2C=O. The number of hydrogen-bond donors (Lipinski definition) is 0. The predicted octanol–water partition coefficient (Wildman–Crippen LogP) is 2.42. The molecular weight excluding hydrogens is 148 g/mol. The zero-order valence-electron chi connectivity index (χ0n) is 7.79. The molecular formula is C11H16O. The number of aldehydes is 1. The first-order chi connectivity index (χ1) is 5.77. The molecule has 0 aromatic heterocycles. The van der Waals surface area contributed by atoms with Gasteiger partial charge in [-0.1, -0.05) is 18.6 Å². The molecule has 66 valence electrons. The van der Waals surface area contributed by atoms with Gasteiger partial charge >= 0.3 is 0 Å². The summed E-state index contributed by atoms with van der Waals surface area (Å²) >= 11 is 0. The van der Waals surface area contributed by atoms with Crippen molar-refractivity contribution in [3.63, 3.8) is 0 Å². The van der Waals surface area contributed by atoms with Gasteiger partial charge in [-0.25, -0.2) is 0 Å². The molecule has 4 atom stereocenters. The molecule has 2 bridgehead atoms. The Morgan fingerprint density at radius 2 is 2.25 bits per heavy atom. The van der Waals surface area contributed by atoms with Crippen molar-refractivity contribution in [2.75, 3.05) is 0 Å². The van der Waals surface area contributed by atoms with E-state index < -0.39 is 0 Å². The molecule has 4 unspecified atom stereocenters. The van der Waals surface area contributed by atoms with E-state index in [1.165, 1.54) is 19.1 Å². The molecule has 1 nitrogen and oxygen atoms in total. The molecule has 2 fully saturated rings. The number of rotatable bonds is 1. The lowest BCUT2D eigenvalue weighted by molar-refractivity contribution is -0.113. The van der Waals surface area contributed by atoms with Gasteiger partial charge < -0.3 is 4.79 Å². The Labute approximate surface area is 73.8 Å². The number of fused-ring (bicyclic) bond motifs is 2. The average molecular weight is 164 g/mol. The number of carbonyl (C=O) groups is 1. The van der Waals surface area contributed by atoms with Gasteiger partial charge in [-0.2, -0.15) is 0 Å². The van der Waals surface area contributed by atoms with Crippen LogP contribution in [0.1, 0.15) is 26.7 Å². The van der Waals surface area contributed by atoms with Gasteiger partial charge in [0.25, 0.3) is 0 Å². The van der Waals surface area contributed by atoms with E-state index in [1.54, 1.807) is 5.57 Å². The van der Waals surface area contributed by atoms with Gasteiger partial charge in [0.05, 0.1) is 0 Å². The minimum atomic E-state index is 0.360. The normalized spacial score (nSPS) is 48.7. The summed E-state index contributed by atoms with van der Waals surface area (Å²) in [5, 5.41) is 0. The standard InChI is InChI=1S/C11H16O/c1-3-8-4-9-5-10(8)7(2)11(9)6-12/h3,6-7,9-11H,4-5H2,1-2H3. The van der Waals surface area contributed by atoms with Crippen molar-refractivity contribution in [3.05, 3.63) is 11.6 Å². The zero-order valence-corrected chi connectivity index (χ0v) is 7.79. The Bertz CT molecular complexity index is 227. The molecule has 1 heteroatoms. The van der Waals surface area contributed by atoms with Crippen LogP contribution in [-0.2, 0) is 4.79 Å². The van der Waals surface area contributed by atoms with Crippen molar-refractivity contribution in [3.8, 4) is 0 Å². The Kier molecular flexibility index (Phi) is 1.82. The number of carbonyl (C=O) groups excluding carboxylic acids is 1. The molecule has 0 amide bonds. The Balaban J connectivity index is 2.23. The van der Waals surface area contributed by atoms with Crippen molar-refractivity contribution < 1.29 is 4.79 Å². The zero-order chi connectivity index (χ0) is 8.72. The van der Waals surface area contributed by atoms with E-state index in [0.717, 1.165) is 5.92 Å². The molecule has 2 aliphatic carbocycles. The first kappa shape index (κ1) is 8.03. The molecule has 0 heterocycles. The predicted molar refractivity (Wildman–Crippen MR) is 48.7 cm³/mol. The molecule has 0 saturated heterocycles. The van der Waals surface area contributed by atoms with Crippen LogP contribution in [0, 0.1) is 23.7 Å². The van der Waals surface area contributed by atoms with Crippen molar-refractivity contribution in [2.45, 2.75) is 26.7 Å². The summed E-state index contributed by atoms with van der Waals surface area (Å²) in [7, 11) is 0. The molecule has 0 spiro atoms. The van der Waals surface area contributed by atoms with Crippen molar-refractivity contribution in [2.24, 2.45) is 23.7 Å². The van der Waals surface area contributed by atoms with Crippen molar-refractivity contribution >= 4 is 6.29 Å². The summed E-state index contributed by atoms with van der Waals surface area (Å²) in [6, 6.07) is 0. The van der Waals surface area contributed by atoms with Crippen LogP contribution < -0.4 is 0 Å². The maximum absolute atomic E-state index is 10.8. The van der Waals surface area contributed by atoms with Crippen LogP contribution in [0.25, 0.3) is 0 Å². The second kappa shape index (κ2) is 2.72. The van der Waals surface area contributed by atoms with E-state index in [9.17, 15) is 4.79 Å².